The van der Waals surface area contributed by atoms with Crippen molar-refractivity contribution in [3.05, 3.63) is 100 Å². The van der Waals surface area contributed by atoms with Crippen LogP contribution in [0.5, 0.6) is 0 Å². The summed E-state index contributed by atoms with van der Waals surface area (Å²) in [6.45, 7) is 3.90. The molecule has 0 fully saturated rings. The van der Waals surface area contributed by atoms with Gasteiger partial charge in [-0.15, -0.1) is 0 Å². The Kier molecular flexibility index (Phi) is 10.8. The van der Waals surface area contributed by atoms with Gasteiger partial charge in [0.05, 0.1) is 11.9 Å². The fourth-order valence-corrected chi connectivity index (χ4v) is 5.18. The van der Waals surface area contributed by atoms with E-state index in [0.717, 1.165) is 16.1 Å². The van der Waals surface area contributed by atoms with Gasteiger partial charge in [0.15, 0.2) is 0 Å². The fourth-order valence-electron chi connectivity index (χ4n) is 4.01. The predicted octanol–water partition coefficient (Wildman–Crippen LogP) is 5.17. The number of nitrogens with one attached hydrogen (secondary N) is 1. The number of sulfonamides is 1. The van der Waals surface area contributed by atoms with E-state index in [1.165, 1.54) is 17.0 Å². The molecule has 0 saturated carbocycles. The highest BCUT2D eigenvalue weighted by molar-refractivity contribution is 7.92. The highest BCUT2D eigenvalue weighted by Gasteiger charge is 2.33. The molecule has 0 unspecified atom stereocenters. The van der Waals surface area contributed by atoms with Crippen LogP contribution in [0.4, 0.5) is 5.69 Å². The second-order valence-corrected chi connectivity index (χ2v) is 12.5. The SMILES string of the molecule is CC(C)CNC(=O)[C@@H](Cc1ccccc1)N(Cc1ccccc1Cl)C(=O)CN(c1ccc(Cl)cc1)S(C)(=O)=O. The Morgan fingerprint density at radius 3 is 2.10 bits per heavy atom. The topological polar surface area (TPSA) is 86.8 Å². The first kappa shape index (κ1) is 30.5. The highest BCUT2D eigenvalue weighted by Crippen LogP contribution is 2.24. The molecule has 3 aromatic rings. The van der Waals surface area contributed by atoms with E-state index in [1.54, 1.807) is 36.4 Å². The van der Waals surface area contributed by atoms with Crippen LogP contribution in [0.2, 0.25) is 10.0 Å². The molecule has 0 aromatic heterocycles. The Morgan fingerprint density at radius 2 is 1.51 bits per heavy atom. The van der Waals surface area contributed by atoms with Crippen LogP contribution in [-0.2, 0) is 32.6 Å². The van der Waals surface area contributed by atoms with E-state index in [2.05, 4.69) is 5.32 Å². The third-order valence-corrected chi connectivity index (χ3v) is 7.81. The number of hydrogen-bond donors (Lipinski definition) is 1. The molecular weight excluding hydrogens is 557 g/mol. The number of halogens is 2. The second kappa shape index (κ2) is 13.8. The van der Waals surface area contributed by atoms with Gasteiger partial charge in [-0.2, -0.15) is 0 Å². The van der Waals surface area contributed by atoms with E-state index in [-0.39, 0.29) is 30.5 Å². The van der Waals surface area contributed by atoms with Gasteiger partial charge >= 0.3 is 0 Å². The summed E-state index contributed by atoms with van der Waals surface area (Å²) in [5.41, 5.74) is 1.79. The number of benzene rings is 3. The highest BCUT2D eigenvalue weighted by atomic mass is 35.5. The third-order valence-electron chi connectivity index (χ3n) is 6.05. The molecule has 0 saturated heterocycles. The van der Waals surface area contributed by atoms with Gasteiger partial charge in [0.25, 0.3) is 0 Å². The third kappa shape index (κ3) is 8.98. The molecule has 0 heterocycles. The standard InChI is InChI=1S/C29H33Cl2N3O4S/c1-21(2)18-32-29(36)27(17-22-9-5-4-6-10-22)33(19-23-11-7-8-12-26(23)31)28(35)20-34(39(3,37)38)25-15-13-24(30)14-16-25/h4-16,21,27H,17-20H2,1-3H3,(H,32,36)/t27-/m1/s1. The lowest BCUT2D eigenvalue weighted by atomic mass is 10.0. The van der Waals surface area contributed by atoms with Crippen LogP contribution in [0.15, 0.2) is 78.9 Å². The Hall–Kier alpha value is -3.07. The lowest BCUT2D eigenvalue weighted by Crippen LogP contribution is -2.53. The number of nitrogens with zero attached hydrogens (tertiary/aromatic N) is 2. The van der Waals surface area contributed by atoms with Crippen molar-refractivity contribution < 1.29 is 18.0 Å². The minimum Gasteiger partial charge on any atom is -0.354 e. The van der Waals surface area contributed by atoms with Gasteiger partial charge in [0.1, 0.15) is 12.6 Å². The zero-order chi connectivity index (χ0) is 28.6. The Bertz CT molecular complexity index is 1370. The Balaban J connectivity index is 2.05. The Morgan fingerprint density at radius 1 is 0.897 bits per heavy atom. The monoisotopic (exact) mass is 589 g/mol. The van der Waals surface area contributed by atoms with Crippen LogP contribution in [-0.4, -0.2) is 50.5 Å². The molecule has 0 aliphatic carbocycles. The van der Waals surface area contributed by atoms with Gasteiger partial charge in [-0.25, -0.2) is 8.42 Å². The first-order valence-electron chi connectivity index (χ1n) is 12.5. The normalized spacial score (nSPS) is 12.2. The zero-order valence-electron chi connectivity index (χ0n) is 22.2. The molecule has 0 aliphatic heterocycles. The number of hydrogen-bond acceptors (Lipinski definition) is 4. The molecule has 2 amide bonds. The van der Waals surface area contributed by atoms with Gasteiger partial charge in [-0.3, -0.25) is 13.9 Å². The molecule has 208 valence electrons. The quantitative estimate of drug-likeness (QED) is 0.315. The molecule has 0 spiro atoms. The molecule has 3 aromatic carbocycles. The maximum atomic E-state index is 14.0. The van der Waals surface area contributed by atoms with Crippen molar-refractivity contribution in [2.24, 2.45) is 5.92 Å². The smallest absolute Gasteiger partial charge is 0.244 e. The lowest BCUT2D eigenvalue weighted by Gasteiger charge is -2.34. The summed E-state index contributed by atoms with van der Waals surface area (Å²) >= 11 is 12.4. The average Bonchev–Trinajstić information content (AvgIpc) is 2.89. The van der Waals surface area contributed by atoms with Crippen LogP contribution in [0.3, 0.4) is 0 Å². The summed E-state index contributed by atoms with van der Waals surface area (Å²) < 4.78 is 26.6. The summed E-state index contributed by atoms with van der Waals surface area (Å²) in [6.07, 6.45) is 1.27. The molecule has 0 radical (unpaired) electrons. The van der Waals surface area contributed by atoms with Crippen molar-refractivity contribution in [1.82, 2.24) is 10.2 Å². The van der Waals surface area contributed by atoms with Gasteiger partial charge in [-0.1, -0.05) is 85.6 Å². The number of carbonyl (C=O) groups excluding carboxylic acids is 2. The molecule has 10 heteroatoms. The number of carbonyl (C=O) groups is 2. The molecule has 1 N–H and O–H groups in total. The first-order valence-corrected chi connectivity index (χ1v) is 15.1. The zero-order valence-corrected chi connectivity index (χ0v) is 24.5. The van der Waals surface area contributed by atoms with Crippen LogP contribution >= 0.6 is 23.2 Å². The summed E-state index contributed by atoms with van der Waals surface area (Å²) in [7, 11) is -3.85. The largest absolute Gasteiger partial charge is 0.354 e. The van der Waals surface area contributed by atoms with Crippen molar-refractivity contribution in [3.8, 4) is 0 Å². The van der Waals surface area contributed by atoms with Gasteiger partial charge in [0.2, 0.25) is 21.8 Å². The molecule has 0 bridgehead atoms. The fraction of sp³-hybridized carbons (Fsp3) is 0.310. The minimum absolute atomic E-state index is 0.0172. The van der Waals surface area contributed by atoms with Crippen LogP contribution in [0.25, 0.3) is 0 Å². The van der Waals surface area contributed by atoms with Gasteiger partial charge in [0, 0.05) is 29.6 Å². The number of rotatable bonds is 12. The van der Waals surface area contributed by atoms with E-state index in [9.17, 15) is 18.0 Å². The summed E-state index contributed by atoms with van der Waals surface area (Å²) in [4.78, 5) is 29.0. The van der Waals surface area contributed by atoms with E-state index in [0.29, 0.717) is 22.2 Å². The van der Waals surface area contributed by atoms with Crippen molar-refractivity contribution in [3.63, 3.8) is 0 Å². The molecule has 7 nitrogen and oxygen atoms in total. The number of amides is 2. The first-order chi connectivity index (χ1) is 18.5. The van der Waals surface area contributed by atoms with Gasteiger partial charge in [-0.05, 0) is 47.4 Å². The summed E-state index contributed by atoms with van der Waals surface area (Å²) in [5, 5.41) is 3.82. The summed E-state index contributed by atoms with van der Waals surface area (Å²) in [6, 6.07) is 21.7. The van der Waals surface area contributed by atoms with Crippen LogP contribution < -0.4 is 9.62 Å². The molecule has 39 heavy (non-hydrogen) atoms. The Labute approximate surface area is 240 Å². The molecular formula is C29H33Cl2N3O4S. The van der Waals surface area contributed by atoms with E-state index < -0.39 is 28.5 Å². The average molecular weight is 591 g/mol. The lowest BCUT2D eigenvalue weighted by molar-refractivity contribution is -0.140. The molecule has 1 atom stereocenters. The maximum absolute atomic E-state index is 14.0. The van der Waals surface area contributed by atoms with Crippen molar-refractivity contribution in [1.29, 1.82) is 0 Å². The van der Waals surface area contributed by atoms with E-state index in [1.807, 2.05) is 44.2 Å². The minimum atomic E-state index is -3.85. The van der Waals surface area contributed by atoms with E-state index >= 15 is 0 Å². The summed E-state index contributed by atoms with van der Waals surface area (Å²) in [5.74, 6) is -0.675. The second-order valence-electron chi connectivity index (χ2n) is 9.70. The van der Waals surface area contributed by atoms with Crippen molar-refractivity contribution >= 4 is 50.7 Å². The predicted molar refractivity (Wildman–Crippen MR) is 157 cm³/mol. The van der Waals surface area contributed by atoms with E-state index in [4.69, 9.17) is 23.2 Å². The molecule has 0 aliphatic rings. The molecule has 3 rings (SSSR count). The maximum Gasteiger partial charge on any atom is 0.244 e. The van der Waals surface area contributed by atoms with Crippen LogP contribution in [0, 0.1) is 5.92 Å². The van der Waals surface area contributed by atoms with Crippen LogP contribution in [0.1, 0.15) is 25.0 Å². The van der Waals surface area contributed by atoms with Gasteiger partial charge < -0.3 is 10.2 Å². The van der Waals surface area contributed by atoms with Crippen molar-refractivity contribution in [2.75, 3.05) is 23.7 Å². The van der Waals surface area contributed by atoms with Crippen molar-refractivity contribution in [2.45, 2.75) is 32.9 Å². The number of anilines is 1.